The second kappa shape index (κ2) is 6.16. The van der Waals surface area contributed by atoms with E-state index in [1.807, 2.05) is 13.8 Å². The van der Waals surface area contributed by atoms with Crippen LogP contribution in [0.4, 0.5) is 0 Å². The van der Waals surface area contributed by atoms with E-state index in [0.717, 1.165) is 27.7 Å². The molecule has 0 saturated carbocycles. The Balaban J connectivity index is 2.12. The van der Waals surface area contributed by atoms with Gasteiger partial charge in [-0.15, -0.1) is 0 Å². The van der Waals surface area contributed by atoms with E-state index in [0.29, 0.717) is 24.4 Å². The predicted molar refractivity (Wildman–Crippen MR) is 85.4 cm³/mol. The smallest absolute Gasteiger partial charge is 0.336 e. The number of fused-ring (bicyclic) bond motifs is 2. The number of benzene rings is 1. The van der Waals surface area contributed by atoms with Crippen LogP contribution in [0.3, 0.4) is 0 Å². The number of aryl methyl sites for hydroxylation is 2. The van der Waals surface area contributed by atoms with Gasteiger partial charge < -0.3 is 13.6 Å². The van der Waals surface area contributed by atoms with Gasteiger partial charge in [-0.1, -0.05) is 5.11 Å². The van der Waals surface area contributed by atoms with Gasteiger partial charge in [0.15, 0.2) is 0 Å². The Morgan fingerprint density at radius 1 is 1.26 bits per heavy atom. The molecule has 0 aliphatic rings. The fourth-order valence-electron chi connectivity index (χ4n) is 2.65. The Morgan fingerprint density at radius 3 is 2.87 bits per heavy atom. The van der Waals surface area contributed by atoms with Crippen LogP contribution in [-0.2, 0) is 11.3 Å². The zero-order valence-corrected chi connectivity index (χ0v) is 12.8. The maximum absolute atomic E-state index is 11.5. The maximum atomic E-state index is 11.5. The number of furan rings is 1. The first-order valence-electron chi connectivity index (χ1n) is 7.16. The van der Waals surface area contributed by atoms with Gasteiger partial charge in [0.05, 0.1) is 13.2 Å². The summed E-state index contributed by atoms with van der Waals surface area (Å²) in [5.74, 6) is 0.813. The van der Waals surface area contributed by atoms with Crippen molar-refractivity contribution in [3.8, 4) is 0 Å². The van der Waals surface area contributed by atoms with Crippen molar-refractivity contribution < 1.29 is 13.6 Å². The molecule has 7 nitrogen and oxygen atoms in total. The van der Waals surface area contributed by atoms with E-state index in [1.54, 1.807) is 12.1 Å². The minimum Gasteiger partial charge on any atom is -0.461 e. The van der Waals surface area contributed by atoms with Crippen molar-refractivity contribution in [2.75, 3.05) is 13.2 Å². The van der Waals surface area contributed by atoms with Crippen molar-refractivity contribution in [3.63, 3.8) is 0 Å². The molecule has 0 spiro atoms. The second-order valence-electron chi connectivity index (χ2n) is 5.18. The highest BCUT2D eigenvalue weighted by Crippen LogP contribution is 2.33. The molecule has 0 aliphatic carbocycles. The zero-order chi connectivity index (χ0) is 16.4. The molecular formula is C16H15N3O4. The molecule has 0 fully saturated rings. The SMILES string of the molecule is Cc1oc2cc3oc(=O)ccc3c(COCCN=[N+]=[N-])c2c1C. The summed E-state index contributed by atoms with van der Waals surface area (Å²) in [6.45, 7) is 4.76. The first kappa shape index (κ1) is 15.1. The van der Waals surface area contributed by atoms with Gasteiger partial charge in [0.1, 0.15) is 16.9 Å². The van der Waals surface area contributed by atoms with Crippen LogP contribution >= 0.6 is 0 Å². The molecule has 1 aromatic carbocycles. The fraction of sp³-hybridized carbons (Fsp3) is 0.312. The van der Waals surface area contributed by atoms with Crippen LogP contribution in [0, 0.1) is 13.8 Å². The van der Waals surface area contributed by atoms with Gasteiger partial charge in [0, 0.05) is 39.9 Å². The number of nitrogens with zero attached hydrogens (tertiary/aromatic N) is 3. The Hall–Kier alpha value is -2.76. The molecule has 118 valence electrons. The van der Waals surface area contributed by atoms with Gasteiger partial charge in [-0.05, 0) is 31.0 Å². The third kappa shape index (κ3) is 2.79. The molecule has 23 heavy (non-hydrogen) atoms. The zero-order valence-electron chi connectivity index (χ0n) is 12.8. The Kier molecular flexibility index (Phi) is 4.06. The first-order valence-corrected chi connectivity index (χ1v) is 7.16. The summed E-state index contributed by atoms with van der Waals surface area (Å²) in [5.41, 5.74) is 10.9. The predicted octanol–water partition coefficient (Wildman–Crippen LogP) is 3.98. The largest absolute Gasteiger partial charge is 0.461 e. The molecular weight excluding hydrogens is 298 g/mol. The Bertz CT molecular complexity index is 980. The van der Waals surface area contributed by atoms with Gasteiger partial charge >= 0.3 is 5.63 Å². The van der Waals surface area contributed by atoms with Gasteiger partial charge in [0.25, 0.3) is 0 Å². The minimum absolute atomic E-state index is 0.267. The molecule has 0 aliphatic heterocycles. The average Bonchev–Trinajstić information content (AvgIpc) is 2.80. The molecule has 3 aromatic rings. The molecule has 3 rings (SSSR count). The highest BCUT2D eigenvalue weighted by atomic mass is 16.5. The lowest BCUT2D eigenvalue weighted by Crippen LogP contribution is -2.01. The highest BCUT2D eigenvalue weighted by Gasteiger charge is 2.16. The lowest BCUT2D eigenvalue weighted by molar-refractivity contribution is 0.130. The van der Waals surface area contributed by atoms with Crippen molar-refractivity contribution in [2.24, 2.45) is 5.11 Å². The summed E-state index contributed by atoms with van der Waals surface area (Å²) in [7, 11) is 0. The van der Waals surface area contributed by atoms with E-state index in [4.69, 9.17) is 19.1 Å². The van der Waals surface area contributed by atoms with Crippen LogP contribution in [0.25, 0.3) is 32.4 Å². The van der Waals surface area contributed by atoms with Crippen LogP contribution in [0.15, 0.2) is 36.9 Å². The van der Waals surface area contributed by atoms with Gasteiger partial charge in [0.2, 0.25) is 0 Å². The standard InChI is InChI=1S/C16H15N3O4/c1-9-10(2)22-14-7-13-11(3-4-15(20)23-13)12(16(9)14)8-21-6-5-18-19-17/h3-4,7H,5-6,8H2,1-2H3. The van der Waals surface area contributed by atoms with Crippen LogP contribution in [0.1, 0.15) is 16.9 Å². The van der Waals surface area contributed by atoms with Crippen LogP contribution in [0.2, 0.25) is 0 Å². The molecule has 0 saturated heterocycles. The Morgan fingerprint density at radius 2 is 2.09 bits per heavy atom. The Labute approximate surface area is 131 Å². The highest BCUT2D eigenvalue weighted by molar-refractivity contribution is 5.99. The van der Waals surface area contributed by atoms with Crippen molar-refractivity contribution in [2.45, 2.75) is 20.5 Å². The molecule has 0 bridgehead atoms. The summed E-state index contributed by atoms with van der Waals surface area (Å²) in [4.78, 5) is 14.1. The lowest BCUT2D eigenvalue weighted by Gasteiger charge is -2.08. The van der Waals surface area contributed by atoms with Crippen LogP contribution in [-0.4, -0.2) is 13.2 Å². The summed E-state index contributed by atoms with van der Waals surface area (Å²) in [6.07, 6.45) is 0. The topological polar surface area (TPSA) is 101 Å². The van der Waals surface area contributed by atoms with Gasteiger partial charge in [-0.25, -0.2) is 4.79 Å². The second-order valence-corrected chi connectivity index (χ2v) is 5.18. The molecule has 0 unspecified atom stereocenters. The molecule has 2 aromatic heterocycles. The molecule has 7 heteroatoms. The molecule has 0 radical (unpaired) electrons. The fourth-order valence-corrected chi connectivity index (χ4v) is 2.65. The van der Waals surface area contributed by atoms with Crippen molar-refractivity contribution in [3.05, 3.63) is 55.9 Å². The number of azide groups is 1. The van der Waals surface area contributed by atoms with E-state index in [2.05, 4.69) is 10.0 Å². The van der Waals surface area contributed by atoms with Gasteiger partial charge in [-0.2, -0.15) is 0 Å². The third-order valence-corrected chi connectivity index (χ3v) is 3.81. The van der Waals surface area contributed by atoms with E-state index in [1.165, 1.54) is 6.07 Å². The minimum atomic E-state index is -0.410. The quantitative estimate of drug-likeness (QED) is 0.234. The van der Waals surface area contributed by atoms with Gasteiger partial charge in [-0.3, -0.25) is 0 Å². The summed E-state index contributed by atoms with van der Waals surface area (Å²) < 4.78 is 16.6. The van der Waals surface area contributed by atoms with E-state index in [-0.39, 0.29) is 6.54 Å². The summed E-state index contributed by atoms with van der Waals surface area (Å²) in [5, 5.41) is 5.21. The number of rotatable bonds is 5. The lowest BCUT2D eigenvalue weighted by atomic mass is 10.0. The van der Waals surface area contributed by atoms with E-state index in [9.17, 15) is 4.79 Å². The molecule has 0 amide bonds. The maximum Gasteiger partial charge on any atom is 0.336 e. The summed E-state index contributed by atoms with van der Waals surface area (Å²) >= 11 is 0. The molecule has 0 N–H and O–H groups in total. The summed E-state index contributed by atoms with van der Waals surface area (Å²) in [6, 6.07) is 4.85. The van der Waals surface area contributed by atoms with Crippen molar-refractivity contribution in [1.29, 1.82) is 0 Å². The van der Waals surface area contributed by atoms with Crippen molar-refractivity contribution in [1.82, 2.24) is 0 Å². The number of hydrogen-bond donors (Lipinski definition) is 0. The monoisotopic (exact) mass is 313 g/mol. The van der Waals surface area contributed by atoms with Crippen LogP contribution < -0.4 is 5.63 Å². The van der Waals surface area contributed by atoms with E-state index >= 15 is 0 Å². The van der Waals surface area contributed by atoms with E-state index < -0.39 is 5.63 Å². The first-order chi connectivity index (χ1) is 11.1. The number of hydrogen-bond acceptors (Lipinski definition) is 5. The third-order valence-electron chi connectivity index (χ3n) is 3.81. The number of ether oxygens (including phenoxy) is 1. The average molecular weight is 313 g/mol. The normalized spacial score (nSPS) is 11.0. The van der Waals surface area contributed by atoms with Crippen molar-refractivity contribution >= 4 is 21.9 Å². The van der Waals surface area contributed by atoms with Crippen LogP contribution in [0.5, 0.6) is 0 Å². The molecule has 0 atom stereocenters. The molecule has 2 heterocycles.